The molecule has 2 aliphatic heterocycles. The van der Waals surface area contributed by atoms with Crippen LogP contribution in [0.3, 0.4) is 0 Å². The highest BCUT2D eigenvalue weighted by Gasteiger charge is 2.55. The Kier molecular flexibility index (Phi) is 4.60. The summed E-state index contributed by atoms with van der Waals surface area (Å²) in [7, 11) is 0. The Balaban J connectivity index is 1.64. The van der Waals surface area contributed by atoms with Crippen molar-refractivity contribution in [2.75, 3.05) is 0 Å². The summed E-state index contributed by atoms with van der Waals surface area (Å²) in [6.45, 7) is 1.50. The number of carbonyl (C=O) groups excluding carboxylic acids is 2. The highest BCUT2D eigenvalue weighted by molar-refractivity contribution is 5.96. The molecule has 3 N–H and O–H groups in total. The number of ether oxygens (including phenoxy) is 1. The van der Waals surface area contributed by atoms with Gasteiger partial charge in [0.2, 0.25) is 5.91 Å². The van der Waals surface area contributed by atoms with Gasteiger partial charge < -0.3 is 9.84 Å². The van der Waals surface area contributed by atoms with Crippen LogP contribution in [0.15, 0.2) is 18.2 Å². The van der Waals surface area contributed by atoms with Gasteiger partial charge in [0.25, 0.3) is 11.6 Å². The van der Waals surface area contributed by atoms with E-state index in [0.29, 0.717) is 18.4 Å². The molecule has 10 heteroatoms. The summed E-state index contributed by atoms with van der Waals surface area (Å²) in [5.41, 5.74) is 4.77. The summed E-state index contributed by atoms with van der Waals surface area (Å²) in [5, 5.41) is 20.1. The van der Waals surface area contributed by atoms with Gasteiger partial charge in [-0.3, -0.25) is 35.3 Å². The summed E-state index contributed by atoms with van der Waals surface area (Å²) in [6.07, 6.45) is 0.239. The molecule has 1 aromatic carbocycles. The lowest BCUT2D eigenvalue weighted by Crippen LogP contribution is -2.50. The minimum Gasteiger partial charge on any atom is -0.481 e. The maximum atomic E-state index is 12.3. The van der Waals surface area contributed by atoms with E-state index in [1.165, 1.54) is 25.1 Å². The molecule has 10 nitrogen and oxygen atoms in total. The smallest absolute Gasteiger partial charge is 0.310 e. The first-order chi connectivity index (χ1) is 12.3. The number of nitro benzene ring substituents is 1. The van der Waals surface area contributed by atoms with Crippen molar-refractivity contribution in [1.82, 2.24) is 10.9 Å². The van der Waals surface area contributed by atoms with E-state index in [0.717, 1.165) is 0 Å². The minimum absolute atomic E-state index is 0.117. The molecule has 4 atom stereocenters. The van der Waals surface area contributed by atoms with Crippen molar-refractivity contribution < 1.29 is 29.2 Å². The molecule has 1 aromatic rings. The number of nitrogens with one attached hydrogen (secondary N) is 2. The highest BCUT2D eigenvalue weighted by Crippen LogP contribution is 2.43. The number of carboxylic acids is 1. The van der Waals surface area contributed by atoms with Crippen LogP contribution in [0.25, 0.3) is 0 Å². The third-order valence-corrected chi connectivity index (χ3v) is 4.82. The van der Waals surface area contributed by atoms with Crippen LogP contribution in [0.2, 0.25) is 0 Å². The third kappa shape index (κ3) is 3.10. The van der Waals surface area contributed by atoms with E-state index in [4.69, 9.17) is 4.74 Å². The molecule has 2 heterocycles. The monoisotopic (exact) mass is 363 g/mol. The molecule has 0 aliphatic carbocycles. The van der Waals surface area contributed by atoms with E-state index in [1.54, 1.807) is 0 Å². The molecule has 138 valence electrons. The molecule has 2 saturated heterocycles. The fraction of sp³-hybridized carbons (Fsp3) is 0.438. The molecular formula is C16H17N3O7. The summed E-state index contributed by atoms with van der Waals surface area (Å²) in [4.78, 5) is 46.1. The number of benzene rings is 1. The van der Waals surface area contributed by atoms with E-state index < -0.39 is 46.8 Å². The SMILES string of the molecule is Cc1cc(C(=O)NNC(=O)[C@H]2[C@@H](C(=O)O)[C@H]3CC[C@H]2O3)ccc1[N+](=O)[O-]. The Bertz CT molecular complexity index is 794. The van der Waals surface area contributed by atoms with Gasteiger partial charge in [-0.2, -0.15) is 0 Å². The third-order valence-electron chi connectivity index (χ3n) is 4.82. The Morgan fingerprint density at radius 2 is 1.85 bits per heavy atom. The van der Waals surface area contributed by atoms with Gasteiger partial charge in [-0.1, -0.05) is 0 Å². The summed E-state index contributed by atoms with van der Waals surface area (Å²) < 4.78 is 5.50. The number of nitrogens with zero attached hydrogens (tertiary/aromatic N) is 1. The predicted molar refractivity (Wildman–Crippen MR) is 86.0 cm³/mol. The van der Waals surface area contributed by atoms with E-state index in [1.807, 2.05) is 0 Å². The zero-order chi connectivity index (χ0) is 19.0. The summed E-state index contributed by atoms with van der Waals surface area (Å²) >= 11 is 0. The van der Waals surface area contributed by atoms with Crippen molar-refractivity contribution in [1.29, 1.82) is 0 Å². The normalized spacial score (nSPS) is 26.3. The van der Waals surface area contributed by atoms with E-state index in [2.05, 4.69) is 10.9 Å². The van der Waals surface area contributed by atoms with Crippen LogP contribution in [0.5, 0.6) is 0 Å². The lowest BCUT2D eigenvalue weighted by Gasteiger charge is -2.23. The highest BCUT2D eigenvalue weighted by atomic mass is 16.6. The van der Waals surface area contributed by atoms with Crippen molar-refractivity contribution in [3.63, 3.8) is 0 Å². The van der Waals surface area contributed by atoms with Gasteiger partial charge in [0.1, 0.15) is 0 Å². The van der Waals surface area contributed by atoms with Crippen molar-refractivity contribution in [2.45, 2.75) is 32.0 Å². The van der Waals surface area contributed by atoms with Crippen LogP contribution >= 0.6 is 0 Å². The van der Waals surface area contributed by atoms with Crippen molar-refractivity contribution >= 4 is 23.5 Å². The van der Waals surface area contributed by atoms with Gasteiger partial charge in [-0.15, -0.1) is 0 Å². The maximum absolute atomic E-state index is 12.3. The number of amides is 2. The Morgan fingerprint density at radius 1 is 1.19 bits per heavy atom. The number of hydrogen-bond acceptors (Lipinski definition) is 6. The molecular weight excluding hydrogens is 346 g/mol. The molecule has 0 saturated carbocycles. The van der Waals surface area contributed by atoms with Gasteiger partial charge >= 0.3 is 5.97 Å². The predicted octanol–water partition coefficient (Wildman–Crippen LogP) is 0.542. The number of carbonyl (C=O) groups is 3. The average molecular weight is 363 g/mol. The largest absolute Gasteiger partial charge is 0.481 e. The van der Waals surface area contributed by atoms with Crippen LogP contribution in [-0.4, -0.2) is 40.0 Å². The number of aliphatic carboxylic acids is 1. The fourth-order valence-electron chi connectivity index (χ4n) is 3.60. The van der Waals surface area contributed by atoms with Gasteiger partial charge in [0.05, 0.1) is 29.0 Å². The molecule has 3 rings (SSSR count). The van der Waals surface area contributed by atoms with Crippen LogP contribution in [0, 0.1) is 28.9 Å². The number of fused-ring (bicyclic) bond motifs is 2. The van der Waals surface area contributed by atoms with Gasteiger partial charge in [0, 0.05) is 17.2 Å². The molecule has 0 spiro atoms. The van der Waals surface area contributed by atoms with Crippen LogP contribution in [0.4, 0.5) is 5.69 Å². The van der Waals surface area contributed by atoms with E-state index >= 15 is 0 Å². The quantitative estimate of drug-likeness (QED) is 0.522. The topological polar surface area (TPSA) is 148 Å². The zero-order valence-corrected chi connectivity index (χ0v) is 13.8. The van der Waals surface area contributed by atoms with E-state index in [-0.39, 0.29) is 11.3 Å². The lowest BCUT2D eigenvalue weighted by atomic mass is 9.79. The Hall–Kier alpha value is -3.01. The number of aryl methyl sites for hydroxylation is 1. The minimum atomic E-state index is -1.10. The molecule has 0 unspecified atom stereocenters. The standard InChI is InChI=1S/C16H17N3O7/c1-7-6-8(2-3-9(7)19(24)25)14(20)17-18-15(21)12-10-4-5-11(26-10)13(12)16(22)23/h2-3,6,10-13H,4-5H2,1H3,(H,17,20)(H,18,21)(H,22,23)/t10-,11-,12-,13+/m1/s1. The zero-order valence-electron chi connectivity index (χ0n) is 13.8. The Morgan fingerprint density at radius 3 is 2.42 bits per heavy atom. The van der Waals surface area contributed by atoms with E-state index in [9.17, 15) is 29.6 Å². The van der Waals surface area contributed by atoms with Crippen molar-refractivity contribution in [2.24, 2.45) is 11.8 Å². The second-order valence-electron chi connectivity index (χ2n) is 6.38. The number of rotatable bonds is 4. The molecule has 0 radical (unpaired) electrons. The molecule has 2 aliphatic rings. The summed E-state index contributed by atoms with van der Waals surface area (Å²) in [6, 6.07) is 3.81. The molecule has 0 aromatic heterocycles. The van der Waals surface area contributed by atoms with Crippen molar-refractivity contribution in [3.8, 4) is 0 Å². The summed E-state index contributed by atoms with van der Waals surface area (Å²) in [5.74, 6) is -4.20. The first-order valence-electron chi connectivity index (χ1n) is 8.03. The first-order valence-corrected chi connectivity index (χ1v) is 8.03. The molecule has 2 fully saturated rings. The second kappa shape index (κ2) is 6.71. The maximum Gasteiger partial charge on any atom is 0.310 e. The van der Waals surface area contributed by atoms with Gasteiger partial charge in [-0.05, 0) is 31.9 Å². The number of carboxylic acid groups (broad SMARTS) is 1. The molecule has 2 amide bonds. The number of hydrazine groups is 1. The molecule has 2 bridgehead atoms. The van der Waals surface area contributed by atoms with Crippen LogP contribution in [-0.2, 0) is 14.3 Å². The first kappa shape index (κ1) is 17.8. The molecule has 26 heavy (non-hydrogen) atoms. The average Bonchev–Trinajstić information content (AvgIpc) is 3.20. The van der Waals surface area contributed by atoms with Gasteiger partial charge in [0.15, 0.2) is 0 Å². The fourth-order valence-corrected chi connectivity index (χ4v) is 3.60. The van der Waals surface area contributed by atoms with Crippen molar-refractivity contribution in [3.05, 3.63) is 39.4 Å². The van der Waals surface area contributed by atoms with Crippen LogP contribution < -0.4 is 10.9 Å². The van der Waals surface area contributed by atoms with Crippen LogP contribution in [0.1, 0.15) is 28.8 Å². The van der Waals surface area contributed by atoms with Gasteiger partial charge in [-0.25, -0.2) is 0 Å². The Labute approximate surface area is 147 Å². The second-order valence-corrected chi connectivity index (χ2v) is 6.38. The number of hydrogen-bond donors (Lipinski definition) is 3. The number of nitro groups is 1. The lowest BCUT2D eigenvalue weighted by molar-refractivity contribution is -0.385.